The van der Waals surface area contributed by atoms with Gasteiger partial charge in [0.2, 0.25) is 23.5 Å². The van der Waals surface area contributed by atoms with Crippen LogP contribution in [0.4, 0.5) is 11.9 Å². The van der Waals surface area contributed by atoms with Crippen molar-refractivity contribution in [3.8, 4) is 0 Å². The van der Waals surface area contributed by atoms with Gasteiger partial charge in [-0.1, -0.05) is 35.3 Å². The molecule has 5 aromatic rings. The standard InChI is InChI=1S/C29H35N10O18P3/c1-37-15(8-7-12-5-3-2-4-6-12)39(23-17(37)25(45)36-29(31)34-23)27-21(43)19(41)14(55-27)10-53-59(48,49)57-60(50,51)56-58(46,47)52-9-13-18(40)20(42)26(54-13)38-11-32-16-22(38)33-28(30)35-24(16)44/h2-8,11,13-14,18-21,26-27,40-43H,9-10H2,1H3,(H8-,30,31,33,34,35,36,44,45,46,47,48,49,50,51)/b8-7-/t13-,14-,18-,19-,20-,21-,26-,27-/m1/s1. The zero-order valence-electron chi connectivity index (χ0n) is 30.4. The molecule has 2 aliphatic heterocycles. The van der Waals surface area contributed by atoms with Gasteiger partial charge in [-0.25, -0.2) is 18.4 Å². The first kappa shape index (κ1) is 43.5. The number of fused-ring (bicyclic) bond motifs is 2. The smallest absolute Gasteiger partial charge is 0.487 e. The summed E-state index contributed by atoms with van der Waals surface area (Å²) in [5.41, 5.74) is 10.2. The van der Waals surface area contributed by atoms with Crippen molar-refractivity contribution in [1.29, 1.82) is 0 Å². The molecule has 324 valence electrons. The molecule has 28 nitrogen and oxygen atoms in total. The number of hydrogen-bond donors (Lipinski definition) is 10. The summed E-state index contributed by atoms with van der Waals surface area (Å²) < 4.78 is 70.0. The number of nitrogens with zero attached hydrogens (tertiary/aromatic N) is 6. The number of hydrogen-bond acceptors (Lipinski definition) is 21. The lowest BCUT2D eigenvalue weighted by Gasteiger charge is -2.26. The monoisotopic (exact) mass is 904 g/mol. The number of imidazole rings is 2. The van der Waals surface area contributed by atoms with E-state index in [0.717, 1.165) is 16.5 Å². The molecule has 4 aromatic heterocycles. The lowest BCUT2D eigenvalue weighted by molar-refractivity contribution is -0.747. The average Bonchev–Trinajstić information content (AvgIpc) is 3.86. The van der Waals surface area contributed by atoms with Gasteiger partial charge < -0.3 is 60.6 Å². The molecular formula is C29H35N10O18P3. The summed E-state index contributed by atoms with van der Waals surface area (Å²) in [5.74, 6) is -0.432. The second kappa shape index (κ2) is 16.4. The van der Waals surface area contributed by atoms with Crippen LogP contribution in [0.1, 0.15) is 23.8 Å². The number of benzene rings is 1. The Morgan fingerprint density at radius 2 is 1.50 bits per heavy atom. The number of rotatable bonds is 14. The molecule has 6 heterocycles. The molecule has 1 aromatic carbocycles. The number of aliphatic hydroxyl groups excluding tert-OH is 4. The first-order valence-corrected chi connectivity index (χ1v) is 21.6. The second-order valence-electron chi connectivity index (χ2n) is 13.2. The molecule has 0 radical (unpaired) electrons. The van der Waals surface area contributed by atoms with Crippen molar-refractivity contribution in [3.63, 3.8) is 0 Å². The molecule has 0 spiro atoms. The van der Waals surface area contributed by atoms with Gasteiger partial charge in [0.15, 0.2) is 17.4 Å². The first-order valence-electron chi connectivity index (χ1n) is 17.1. The van der Waals surface area contributed by atoms with Gasteiger partial charge in [0.05, 0.1) is 26.6 Å². The number of ether oxygens (including phenoxy) is 2. The molecule has 31 heteroatoms. The van der Waals surface area contributed by atoms with Gasteiger partial charge in [0, 0.05) is 6.08 Å². The fourth-order valence-electron chi connectivity index (χ4n) is 6.46. The van der Waals surface area contributed by atoms with Crippen LogP contribution < -0.4 is 32.0 Å². The Morgan fingerprint density at radius 3 is 2.22 bits per heavy atom. The van der Waals surface area contributed by atoms with E-state index in [1.54, 1.807) is 42.5 Å². The molecule has 2 saturated heterocycles. The van der Waals surface area contributed by atoms with Crippen LogP contribution in [0, 0.1) is 0 Å². The quantitative estimate of drug-likeness (QED) is 0.0392. The van der Waals surface area contributed by atoms with Gasteiger partial charge in [-0.15, -0.1) is 0 Å². The van der Waals surface area contributed by atoms with Crippen molar-refractivity contribution in [2.24, 2.45) is 7.05 Å². The summed E-state index contributed by atoms with van der Waals surface area (Å²) in [6, 6.07) is 8.90. The van der Waals surface area contributed by atoms with Gasteiger partial charge in [-0.3, -0.25) is 37.8 Å². The van der Waals surface area contributed by atoms with E-state index in [4.69, 9.17) is 20.9 Å². The largest absolute Gasteiger partial charge is 0.756 e. The highest BCUT2D eigenvalue weighted by molar-refractivity contribution is 7.66. The molecule has 0 aliphatic carbocycles. The highest BCUT2D eigenvalue weighted by atomic mass is 31.3. The van der Waals surface area contributed by atoms with Crippen LogP contribution in [-0.2, 0) is 47.9 Å². The van der Waals surface area contributed by atoms with E-state index in [1.807, 2.05) is 0 Å². The number of aliphatic hydroxyl groups is 4. The van der Waals surface area contributed by atoms with Crippen LogP contribution in [0.3, 0.4) is 0 Å². The molecule has 0 saturated carbocycles. The van der Waals surface area contributed by atoms with Crippen molar-refractivity contribution in [1.82, 2.24) is 34.1 Å². The summed E-state index contributed by atoms with van der Waals surface area (Å²) in [5, 5.41) is 43.0. The minimum absolute atomic E-state index is 0.0254. The van der Waals surface area contributed by atoms with E-state index >= 15 is 0 Å². The van der Waals surface area contributed by atoms with Gasteiger partial charge >= 0.3 is 21.3 Å². The fourth-order valence-corrected chi connectivity index (χ4v) is 9.95. The molecular weight excluding hydrogens is 869 g/mol. The van der Waals surface area contributed by atoms with E-state index in [-0.39, 0.29) is 40.0 Å². The Bertz CT molecular complexity index is 2730. The topological polar surface area (TPSA) is 421 Å². The SMILES string of the molecule is Cn1c(/C=C\c2ccccc2)[n+]([C@@H]2O[C@H](COP(=O)([O-])OP(=O)(O)OP(=O)(O)OC[C@H]3O[C@@H](n4cnc5c(=O)[nH]c(N)nc54)[C@H](O)[C@@H]3O)[C@@H](O)[C@H]2O)c2nc(N)[nH]c(=O)c21. The fraction of sp³-hybridized carbons (Fsp3) is 0.379. The van der Waals surface area contributed by atoms with Gasteiger partial charge in [0.25, 0.3) is 24.9 Å². The number of phosphoric ester groups is 2. The molecule has 7 rings (SSSR count). The van der Waals surface area contributed by atoms with Crippen molar-refractivity contribution in [2.75, 3.05) is 24.7 Å². The number of H-pyrrole nitrogens is 2. The highest BCUT2D eigenvalue weighted by Crippen LogP contribution is 2.66. The number of phosphoric acid groups is 3. The minimum atomic E-state index is -6.11. The van der Waals surface area contributed by atoms with E-state index < -0.39 is 96.9 Å². The summed E-state index contributed by atoms with van der Waals surface area (Å²) in [6.45, 7) is -2.30. The minimum Gasteiger partial charge on any atom is -0.756 e. The number of nitrogen functional groups attached to an aromatic ring is 2. The molecule has 60 heavy (non-hydrogen) atoms. The lowest BCUT2D eigenvalue weighted by Crippen LogP contribution is -2.48. The van der Waals surface area contributed by atoms with Crippen molar-refractivity contribution in [3.05, 3.63) is 68.8 Å². The molecule has 2 aliphatic rings. The predicted molar refractivity (Wildman–Crippen MR) is 197 cm³/mol. The van der Waals surface area contributed by atoms with E-state index in [0.29, 0.717) is 0 Å². The van der Waals surface area contributed by atoms with Crippen LogP contribution in [0.15, 0.2) is 46.2 Å². The summed E-state index contributed by atoms with van der Waals surface area (Å²) in [6.07, 6.45) is -9.57. The zero-order chi connectivity index (χ0) is 43.5. The van der Waals surface area contributed by atoms with Crippen molar-refractivity contribution in [2.45, 2.75) is 49.1 Å². The van der Waals surface area contributed by atoms with E-state index in [9.17, 15) is 58.4 Å². The normalized spacial score (nSPS) is 27.7. The van der Waals surface area contributed by atoms with Crippen molar-refractivity contribution >= 4 is 69.8 Å². The summed E-state index contributed by atoms with van der Waals surface area (Å²) in [4.78, 5) is 74.3. The molecule has 0 amide bonds. The Balaban J connectivity index is 0.993. The maximum Gasteiger partial charge on any atom is 0.487 e. The van der Waals surface area contributed by atoms with E-state index in [1.165, 1.54) is 16.2 Å². The number of nitrogens with one attached hydrogen (secondary N) is 2. The Morgan fingerprint density at radius 1 is 0.867 bits per heavy atom. The molecule has 2 fully saturated rings. The predicted octanol–water partition coefficient (Wildman–Crippen LogP) is -3.01. The third-order valence-corrected chi connectivity index (χ3v) is 13.4. The van der Waals surface area contributed by atoms with Crippen LogP contribution >= 0.6 is 23.5 Å². The zero-order valence-corrected chi connectivity index (χ0v) is 33.1. The van der Waals surface area contributed by atoms with Crippen LogP contribution in [0.5, 0.6) is 0 Å². The Hall–Kier alpha value is -4.57. The maximum atomic E-state index is 12.9. The van der Waals surface area contributed by atoms with Gasteiger partial charge in [0.1, 0.15) is 36.6 Å². The summed E-state index contributed by atoms with van der Waals surface area (Å²) >= 11 is 0. The van der Waals surface area contributed by atoms with Crippen LogP contribution in [0.25, 0.3) is 34.5 Å². The van der Waals surface area contributed by atoms with E-state index in [2.05, 4.69) is 42.6 Å². The van der Waals surface area contributed by atoms with Crippen molar-refractivity contribution < 1.29 is 80.5 Å². The number of anilines is 2. The lowest BCUT2D eigenvalue weighted by atomic mass is 10.1. The third kappa shape index (κ3) is 8.77. The summed E-state index contributed by atoms with van der Waals surface area (Å²) in [7, 11) is -16.4. The highest BCUT2D eigenvalue weighted by Gasteiger charge is 2.50. The Kier molecular flexibility index (Phi) is 11.9. The maximum absolute atomic E-state index is 12.9. The second-order valence-corrected chi connectivity index (χ2v) is 17.8. The first-order chi connectivity index (χ1) is 28.1. The average molecular weight is 905 g/mol. The number of nitrogens with two attached hydrogens (primary N) is 2. The van der Waals surface area contributed by atoms with Crippen LogP contribution in [0.2, 0.25) is 0 Å². The molecule has 12 N–H and O–H groups in total. The van der Waals surface area contributed by atoms with Crippen LogP contribution in [-0.4, -0.2) is 114 Å². The number of aromatic nitrogens is 8. The number of aryl methyl sites for hydroxylation is 1. The molecule has 11 atom stereocenters. The van der Waals surface area contributed by atoms with Gasteiger partial charge in [-0.05, 0) is 11.6 Å². The Labute approximate surface area is 333 Å². The number of aromatic amines is 2. The molecule has 3 unspecified atom stereocenters. The molecule has 0 bridgehead atoms. The third-order valence-electron chi connectivity index (χ3n) is 9.14. The van der Waals surface area contributed by atoms with Gasteiger partial charge in [-0.2, -0.15) is 13.9 Å².